The molecule has 0 saturated carbocycles. The van der Waals surface area contributed by atoms with Gasteiger partial charge in [-0.1, -0.05) is 36.8 Å². The second-order valence-corrected chi connectivity index (χ2v) is 6.27. The molecular weight excluding hydrogens is 263 g/mol. The van der Waals surface area contributed by atoms with Gasteiger partial charge in [0.05, 0.1) is 10.8 Å². The molecule has 5 heteroatoms. The highest BCUT2D eigenvalue weighted by atomic mass is 35.5. The Kier molecular flexibility index (Phi) is 3.98. The molecule has 2 heterocycles. The zero-order valence-electron chi connectivity index (χ0n) is 9.54. The molecule has 0 N–H and O–H groups in total. The lowest BCUT2D eigenvalue weighted by Gasteiger charge is -2.16. The number of halogens is 2. The number of aromatic nitrogens is 1. The average molecular weight is 279 g/mol. The van der Waals surface area contributed by atoms with Crippen molar-refractivity contribution in [2.45, 2.75) is 26.1 Å². The zero-order chi connectivity index (χ0) is 11.7. The third-order valence-corrected chi connectivity index (χ3v) is 5.16. The van der Waals surface area contributed by atoms with Gasteiger partial charge in [0.1, 0.15) is 5.15 Å². The topological polar surface area (TPSA) is 16.1 Å². The summed E-state index contributed by atoms with van der Waals surface area (Å²) in [5, 5.41) is 1.60. The van der Waals surface area contributed by atoms with Crippen molar-refractivity contribution in [1.82, 2.24) is 4.98 Å². The van der Waals surface area contributed by atoms with Gasteiger partial charge in [0.15, 0.2) is 5.13 Å². The summed E-state index contributed by atoms with van der Waals surface area (Å²) in [7, 11) is 0. The Balaban J connectivity index is 2.08. The van der Waals surface area contributed by atoms with Crippen molar-refractivity contribution in [3.05, 3.63) is 10.0 Å². The van der Waals surface area contributed by atoms with E-state index in [1.165, 1.54) is 6.42 Å². The van der Waals surface area contributed by atoms with Crippen molar-refractivity contribution >= 4 is 39.7 Å². The van der Waals surface area contributed by atoms with Crippen molar-refractivity contribution in [1.29, 1.82) is 0 Å². The van der Waals surface area contributed by atoms with Crippen molar-refractivity contribution in [3.63, 3.8) is 0 Å². The predicted molar refractivity (Wildman–Crippen MR) is 71.8 cm³/mol. The maximum Gasteiger partial charge on any atom is 0.187 e. The highest BCUT2D eigenvalue weighted by Gasteiger charge is 2.27. The second kappa shape index (κ2) is 5.11. The maximum atomic E-state index is 6.01. The van der Waals surface area contributed by atoms with E-state index in [-0.39, 0.29) is 0 Å². The number of rotatable bonds is 3. The molecule has 1 aromatic heterocycles. The number of nitrogens with zero attached hydrogens (tertiary/aromatic N) is 2. The minimum atomic E-state index is 0.456. The first kappa shape index (κ1) is 12.5. The molecule has 0 radical (unpaired) electrons. The quantitative estimate of drug-likeness (QED) is 0.777. The van der Waals surface area contributed by atoms with Crippen LogP contribution in [0.5, 0.6) is 0 Å². The first-order chi connectivity index (χ1) is 7.61. The number of thiazole rings is 1. The summed E-state index contributed by atoms with van der Waals surface area (Å²) in [5.74, 6) is 1.98. The molecule has 1 saturated heterocycles. The SMILES string of the molecule is CC(C)C1CCN(c2nc(Cl)c(CCl)s2)C1. The fourth-order valence-corrected chi connectivity index (χ4v) is 3.55. The number of alkyl halides is 1. The van der Waals surface area contributed by atoms with Gasteiger partial charge in [-0.3, -0.25) is 0 Å². The van der Waals surface area contributed by atoms with Gasteiger partial charge in [-0.15, -0.1) is 11.6 Å². The van der Waals surface area contributed by atoms with E-state index < -0.39 is 0 Å². The van der Waals surface area contributed by atoms with E-state index in [1.54, 1.807) is 11.3 Å². The molecule has 90 valence electrons. The maximum absolute atomic E-state index is 6.01. The lowest BCUT2D eigenvalue weighted by atomic mass is 9.95. The molecule has 1 unspecified atom stereocenters. The Morgan fingerprint density at radius 2 is 2.31 bits per heavy atom. The molecule has 2 nitrogen and oxygen atoms in total. The molecule has 1 aromatic rings. The Morgan fingerprint density at radius 1 is 1.56 bits per heavy atom. The summed E-state index contributed by atoms with van der Waals surface area (Å²) in [6, 6.07) is 0. The fraction of sp³-hybridized carbons (Fsp3) is 0.727. The summed E-state index contributed by atoms with van der Waals surface area (Å²) in [6.07, 6.45) is 1.26. The fourth-order valence-electron chi connectivity index (χ4n) is 2.04. The Morgan fingerprint density at radius 3 is 2.81 bits per heavy atom. The van der Waals surface area contributed by atoms with Crippen molar-refractivity contribution in [2.75, 3.05) is 18.0 Å². The molecule has 0 aromatic carbocycles. The number of hydrogen-bond donors (Lipinski definition) is 0. The molecular formula is C11H16Cl2N2S. The zero-order valence-corrected chi connectivity index (χ0v) is 11.9. The Hall–Kier alpha value is 0.01000. The largest absolute Gasteiger partial charge is 0.348 e. The van der Waals surface area contributed by atoms with Crippen LogP contribution in [-0.2, 0) is 5.88 Å². The molecule has 1 atom stereocenters. The lowest BCUT2D eigenvalue weighted by Crippen LogP contribution is -2.20. The van der Waals surface area contributed by atoms with Gasteiger partial charge in [-0.25, -0.2) is 4.98 Å². The van der Waals surface area contributed by atoms with Crippen molar-refractivity contribution in [3.8, 4) is 0 Å². The molecule has 1 aliphatic rings. The van der Waals surface area contributed by atoms with Crippen molar-refractivity contribution < 1.29 is 0 Å². The molecule has 0 amide bonds. The summed E-state index contributed by atoms with van der Waals surface area (Å²) < 4.78 is 0. The third kappa shape index (κ3) is 2.47. The van der Waals surface area contributed by atoms with E-state index in [9.17, 15) is 0 Å². The standard InChI is InChI=1S/C11H16Cl2N2S/c1-7(2)8-3-4-15(6-8)11-14-10(13)9(5-12)16-11/h7-8H,3-6H2,1-2H3. The first-order valence-electron chi connectivity index (χ1n) is 5.58. The average Bonchev–Trinajstić information content (AvgIpc) is 2.83. The molecule has 16 heavy (non-hydrogen) atoms. The highest BCUT2D eigenvalue weighted by Crippen LogP contribution is 2.34. The molecule has 0 spiro atoms. The van der Waals surface area contributed by atoms with Gasteiger partial charge in [-0.05, 0) is 18.3 Å². The van der Waals surface area contributed by atoms with Crippen LogP contribution in [0.4, 0.5) is 5.13 Å². The Labute approximate surface area is 111 Å². The van der Waals surface area contributed by atoms with Gasteiger partial charge in [0, 0.05) is 13.1 Å². The van der Waals surface area contributed by atoms with Gasteiger partial charge in [0.2, 0.25) is 0 Å². The second-order valence-electron chi connectivity index (χ2n) is 4.58. The minimum Gasteiger partial charge on any atom is -0.348 e. The van der Waals surface area contributed by atoms with Gasteiger partial charge < -0.3 is 4.90 Å². The van der Waals surface area contributed by atoms with E-state index in [0.717, 1.165) is 34.9 Å². The number of anilines is 1. The van der Waals surface area contributed by atoms with Crippen LogP contribution in [0.3, 0.4) is 0 Å². The van der Waals surface area contributed by atoms with E-state index in [4.69, 9.17) is 23.2 Å². The van der Waals surface area contributed by atoms with Crippen LogP contribution >= 0.6 is 34.5 Å². The minimum absolute atomic E-state index is 0.456. The van der Waals surface area contributed by atoms with Crippen LogP contribution in [0.1, 0.15) is 25.1 Å². The van der Waals surface area contributed by atoms with Crippen LogP contribution in [0, 0.1) is 11.8 Å². The molecule has 0 aliphatic carbocycles. The summed E-state index contributed by atoms with van der Waals surface area (Å²) >= 11 is 13.4. The van der Waals surface area contributed by atoms with E-state index >= 15 is 0 Å². The van der Waals surface area contributed by atoms with Gasteiger partial charge >= 0.3 is 0 Å². The molecule has 0 bridgehead atoms. The van der Waals surface area contributed by atoms with Crippen LogP contribution in [-0.4, -0.2) is 18.1 Å². The molecule has 1 aliphatic heterocycles. The smallest absolute Gasteiger partial charge is 0.187 e. The van der Waals surface area contributed by atoms with Crippen LogP contribution in [0.25, 0.3) is 0 Å². The van der Waals surface area contributed by atoms with E-state index in [0.29, 0.717) is 11.0 Å². The van der Waals surface area contributed by atoms with Crippen LogP contribution in [0.15, 0.2) is 0 Å². The van der Waals surface area contributed by atoms with Gasteiger partial charge in [0.25, 0.3) is 0 Å². The summed E-state index contributed by atoms with van der Waals surface area (Å²) in [5.41, 5.74) is 0. The predicted octanol–water partition coefficient (Wildman–Crippen LogP) is 4.02. The van der Waals surface area contributed by atoms with Gasteiger partial charge in [-0.2, -0.15) is 0 Å². The van der Waals surface area contributed by atoms with E-state index in [1.807, 2.05) is 0 Å². The monoisotopic (exact) mass is 278 g/mol. The van der Waals surface area contributed by atoms with Crippen molar-refractivity contribution in [2.24, 2.45) is 11.8 Å². The normalized spacial score (nSPS) is 21.1. The van der Waals surface area contributed by atoms with Crippen LogP contribution < -0.4 is 4.90 Å². The van der Waals surface area contributed by atoms with E-state index in [2.05, 4.69) is 23.7 Å². The third-order valence-electron chi connectivity index (χ3n) is 3.20. The summed E-state index contributed by atoms with van der Waals surface area (Å²) in [4.78, 5) is 7.69. The van der Waals surface area contributed by atoms with Crippen LogP contribution in [0.2, 0.25) is 5.15 Å². The number of hydrogen-bond acceptors (Lipinski definition) is 3. The highest BCUT2D eigenvalue weighted by molar-refractivity contribution is 7.16. The summed E-state index contributed by atoms with van der Waals surface area (Å²) in [6.45, 7) is 6.76. The molecule has 2 rings (SSSR count). The first-order valence-corrected chi connectivity index (χ1v) is 7.30. The Bertz CT molecular complexity index is 365. The molecule has 1 fully saturated rings. The lowest BCUT2D eigenvalue weighted by molar-refractivity contribution is 0.423.